The van der Waals surface area contributed by atoms with Crippen LogP contribution in [0.15, 0.2) is 12.1 Å². The Labute approximate surface area is 141 Å². The molecule has 21 heavy (non-hydrogen) atoms. The zero-order valence-corrected chi connectivity index (χ0v) is 14.2. The largest absolute Gasteiger partial charge is 1.00 e. The van der Waals surface area contributed by atoms with E-state index < -0.39 is 0 Å². The lowest BCUT2D eigenvalue weighted by Crippen LogP contribution is -3.00. The van der Waals surface area contributed by atoms with E-state index in [1.54, 1.807) is 0 Å². The molecule has 1 aromatic heterocycles. The van der Waals surface area contributed by atoms with Crippen molar-refractivity contribution in [2.45, 2.75) is 0 Å². The molecule has 2 fully saturated rings. The van der Waals surface area contributed by atoms with Crippen molar-refractivity contribution >= 4 is 23.8 Å². The number of nitrogens with zero attached hydrogens (tertiary/aromatic N) is 2. The molecule has 0 saturated carbocycles. The van der Waals surface area contributed by atoms with Crippen molar-refractivity contribution in [1.29, 1.82) is 0 Å². The second-order valence-electron chi connectivity index (χ2n) is 4.80. The first-order chi connectivity index (χ1) is 9.40. The van der Waals surface area contributed by atoms with E-state index >= 15 is 0 Å². The lowest BCUT2D eigenvalue weighted by Gasteiger charge is -2.10. The number of morpholine rings is 2. The number of halogens is 2. The average molecular weight is 351 g/mol. The normalized spacial score (nSPS) is 18.5. The van der Waals surface area contributed by atoms with Gasteiger partial charge in [-0.3, -0.25) is 0 Å². The van der Waals surface area contributed by atoms with Gasteiger partial charge in [0.05, 0.1) is 9.75 Å². The summed E-state index contributed by atoms with van der Waals surface area (Å²) in [5.74, 6) is 0. The van der Waals surface area contributed by atoms with Crippen LogP contribution in [0.1, 0.15) is 9.75 Å². The summed E-state index contributed by atoms with van der Waals surface area (Å²) < 4.78 is 15.4. The molecule has 4 nitrogen and oxygen atoms in total. The molecular formula is C14H20Cl2N2O2S. The Hall–Kier alpha value is -0.460. The van der Waals surface area contributed by atoms with E-state index in [0.29, 0.717) is 0 Å². The third-order valence-corrected chi connectivity index (χ3v) is 4.31. The molecule has 7 heteroatoms. The third-order valence-electron chi connectivity index (χ3n) is 3.36. The summed E-state index contributed by atoms with van der Waals surface area (Å²) in [6.45, 7) is 7.37. The Morgan fingerprint density at radius 3 is 1.52 bits per heavy atom. The van der Waals surface area contributed by atoms with E-state index in [-0.39, 0.29) is 24.8 Å². The molecule has 0 bridgehead atoms. The topological polar surface area (TPSA) is 24.5 Å². The standard InChI is InChI=1S/C14H20N2O2S.2ClH/c1-2-14(12-16-5-9-18-10-6-16)19-13(1)11-15-3-7-17-8-4-15;;/h1-2,11-12H,3-10H2;2*1H/q+2;;/p-2. The van der Waals surface area contributed by atoms with Crippen molar-refractivity contribution in [3.05, 3.63) is 21.9 Å². The highest BCUT2D eigenvalue weighted by molar-refractivity contribution is 7.15. The fraction of sp³-hybridized carbons (Fsp3) is 0.571. The van der Waals surface area contributed by atoms with Crippen molar-refractivity contribution in [2.75, 3.05) is 52.6 Å². The van der Waals surface area contributed by atoms with Gasteiger partial charge in [-0.2, -0.15) is 0 Å². The summed E-state index contributed by atoms with van der Waals surface area (Å²) in [6, 6.07) is 4.40. The number of hydrogen-bond acceptors (Lipinski definition) is 3. The molecule has 2 aliphatic rings. The second-order valence-corrected chi connectivity index (χ2v) is 5.94. The van der Waals surface area contributed by atoms with Crippen molar-refractivity contribution < 1.29 is 43.4 Å². The highest BCUT2D eigenvalue weighted by Gasteiger charge is 2.13. The molecule has 0 radical (unpaired) electrons. The summed E-state index contributed by atoms with van der Waals surface area (Å²) in [7, 11) is 0. The Bertz CT molecular complexity index is 444. The van der Waals surface area contributed by atoms with Gasteiger partial charge in [0.1, 0.15) is 26.4 Å². The van der Waals surface area contributed by atoms with E-state index in [2.05, 4.69) is 33.7 Å². The fourth-order valence-corrected chi connectivity index (χ4v) is 3.23. The average Bonchev–Trinajstić information content (AvgIpc) is 2.88. The fourth-order valence-electron chi connectivity index (χ4n) is 2.28. The smallest absolute Gasteiger partial charge is 0.180 e. The molecule has 0 spiro atoms. The first kappa shape index (κ1) is 18.6. The minimum atomic E-state index is 0. The Morgan fingerprint density at radius 2 is 1.14 bits per heavy atom. The molecule has 0 unspecified atom stereocenters. The first-order valence-corrected chi connectivity index (χ1v) is 7.65. The van der Waals surface area contributed by atoms with E-state index in [0.717, 1.165) is 52.6 Å². The first-order valence-electron chi connectivity index (χ1n) is 6.83. The van der Waals surface area contributed by atoms with Crippen LogP contribution < -0.4 is 24.8 Å². The molecule has 2 aliphatic heterocycles. The van der Waals surface area contributed by atoms with Gasteiger partial charge in [0.15, 0.2) is 38.6 Å². The highest BCUT2D eigenvalue weighted by Crippen LogP contribution is 2.13. The zero-order valence-electron chi connectivity index (χ0n) is 11.8. The van der Waals surface area contributed by atoms with Gasteiger partial charge < -0.3 is 34.3 Å². The molecule has 0 N–H and O–H groups in total. The second kappa shape index (κ2) is 9.54. The Morgan fingerprint density at radius 1 is 0.762 bits per heavy atom. The van der Waals surface area contributed by atoms with E-state index in [1.807, 2.05) is 11.3 Å². The van der Waals surface area contributed by atoms with E-state index in [4.69, 9.17) is 9.47 Å². The maximum atomic E-state index is 5.36. The van der Waals surface area contributed by atoms with Gasteiger partial charge in [0, 0.05) is 0 Å². The van der Waals surface area contributed by atoms with Gasteiger partial charge in [-0.05, 0) is 12.1 Å². The molecule has 0 amide bonds. The molecule has 1 aromatic rings. The van der Waals surface area contributed by atoms with Gasteiger partial charge in [0.2, 0.25) is 0 Å². The van der Waals surface area contributed by atoms with Crippen molar-refractivity contribution in [3.63, 3.8) is 0 Å². The summed E-state index contributed by atoms with van der Waals surface area (Å²) in [6.07, 6.45) is 4.51. The van der Waals surface area contributed by atoms with Crippen LogP contribution >= 0.6 is 11.3 Å². The van der Waals surface area contributed by atoms with Crippen molar-refractivity contribution in [3.8, 4) is 0 Å². The number of hydrogen-bond donors (Lipinski definition) is 0. The van der Waals surface area contributed by atoms with Gasteiger partial charge in [-0.25, -0.2) is 9.15 Å². The lowest BCUT2D eigenvalue weighted by atomic mass is 10.4. The van der Waals surface area contributed by atoms with Gasteiger partial charge in [-0.15, -0.1) is 11.3 Å². The predicted molar refractivity (Wildman–Crippen MR) is 76.3 cm³/mol. The van der Waals surface area contributed by atoms with Gasteiger partial charge >= 0.3 is 0 Å². The monoisotopic (exact) mass is 350 g/mol. The van der Waals surface area contributed by atoms with Crippen LogP contribution in [-0.2, 0) is 9.47 Å². The summed E-state index contributed by atoms with van der Waals surface area (Å²) in [5, 5.41) is 0. The predicted octanol–water partition coefficient (Wildman–Crippen LogP) is -5.32. The maximum Gasteiger partial charge on any atom is 0.180 e. The number of rotatable bonds is 2. The molecule has 2 saturated heterocycles. The van der Waals surface area contributed by atoms with Crippen molar-refractivity contribution in [2.24, 2.45) is 0 Å². The van der Waals surface area contributed by atoms with E-state index in [9.17, 15) is 0 Å². The zero-order chi connectivity index (χ0) is 12.9. The molecule has 3 rings (SSSR count). The number of thiophene rings is 1. The highest BCUT2D eigenvalue weighted by atomic mass is 35.5. The van der Waals surface area contributed by atoms with Gasteiger partial charge in [-0.1, -0.05) is 0 Å². The SMILES string of the molecule is C(c1ccc(C=[N+]2CCOCC2)s1)=[N+]1CCOCC1.[Cl-].[Cl-]. The molecular weight excluding hydrogens is 331 g/mol. The van der Waals surface area contributed by atoms with Crippen LogP contribution in [0, 0.1) is 0 Å². The third kappa shape index (κ3) is 5.68. The molecule has 0 atom stereocenters. The van der Waals surface area contributed by atoms with Crippen LogP contribution in [0.25, 0.3) is 0 Å². The van der Waals surface area contributed by atoms with Crippen LogP contribution in [-0.4, -0.2) is 74.2 Å². The van der Waals surface area contributed by atoms with Gasteiger partial charge in [0.25, 0.3) is 0 Å². The van der Waals surface area contributed by atoms with Crippen molar-refractivity contribution in [1.82, 2.24) is 0 Å². The van der Waals surface area contributed by atoms with Crippen LogP contribution in [0.4, 0.5) is 0 Å². The minimum absolute atomic E-state index is 0. The Kier molecular flexibility index (Phi) is 8.44. The van der Waals surface area contributed by atoms with Crippen LogP contribution in [0.5, 0.6) is 0 Å². The van der Waals surface area contributed by atoms with Crippen LogP contribution in [0.2, 0.25) is 0 Å². The molecule has 0 aliphatic carbocycles. The van der Waals surface area contributed by atoms with Crippen LogP contribution in [0.3, 0.4) is 0 Å². The summed E-state index contributed by atoms with van der Waals surface area (Å²) in [4.78, 5) is 2.64. The van der Waals surface area contributed by atoms with E-state index in [1.165, 1.54) is 9.75 Å². The molecule has 3 heterocycles. The maximum absolute atomic E-state index is 5.36. The lowest BCUT2D eigenvalue weighted by molar-refractivity contribution is -0.544. The molecule has 0 aromatic carbocycles. The summed E-state index contributed by atoms with van der Waals surface area (Å²) in [5.41, 5.74) is 0. The Balaban J connectivity index is 0.00000110. The quantitative estimate of drug-likeness (QED) is 0.498. The molecule has 118 valence electrons. The minimum Gasteiger partial charge on any atom is -1.00 e. The summed E-state index contributed by atoms with van der Waals surface area (Å²) >= 11 is 1.84. The number of ether oxygens (including phenoxy) is 2.